The van der Waals surface area contributed by atoms with Gasteiger partial charge in [-0.3, -0.25) is 0 Å². The van der Waals surface area contributed by atoms with Crippen molar-refractivity contribution in [3.05, 3.63) is 44.6 Å². The highest BCUT2D eigenvalue weighted by atomic mass is 79.9. The van der Waals surface area contributed by atoms with Gasteiger partial charge >= 0.3 is 0 Å². The molecular weight excluding hydrogens is 404 g/mol. The number of ether oxygens (including phenoxy) is 2. The van der Waals surface area contributed by atoms with Gasteiger partial charge in [-0.15, -0.1) is 11.3 Å². The molecule has 0 spiro atoms. The standard InChI is InChI=1S/C15H16Br2O2S/c1-3-18-12-6-5-10(9-13(12)19-4-2)14(17)15-11(16)7-8-20-15/h5-9,14H,3-4H2,1-2H3. The van der Waals surface area contributed by atoms with Crippen LogP contribution in [0.2, 0.25) is 0 Å². The van der Waals surface area contributed by atoms with Crippen LogP contribution in [-0.4, -0.2) is 13.2 Å². The third kappa shape index (κ3) is 3.57. The summed E-state index contributed by atoms with van der Waals surface area (Å²) < 4.78 is 12.4. The van der Waals surface area contributed by atoms with Gasteiger partial charge in [0.1, 0.15) is 0 Å². The summed E-state index contributed by atoms with van der Waals surface area (Å²) in [5.74, 6) is 1.59. The van der Waals surface area contributed by atoms with Crippen molar-refractivity contribution in [1.82, 2.24) is 0 Å². The highest BCUT2D eigenvalue weighted by Gasteiger charge is 2.17. The first kappa shape index (κ1) is 15.9. The Hall–Kier alpha value is -0.520. The van der Waals surface area contributed by atoms with Crippen LogP contribution in [0.4, 0.5) is 0 Å². The Labute approximate surface area is 140 Å². The van der Waals surface area contributed by atoms with E-state index in [0.717, 1.165) is 21.5 Å². The molecule has 0 bridgehead atoms. The molecule has 0 fully saturated rings. The van der Waals surface area contributed by atoms with Crippen LogP contribution in [0.3, 0.4) is 0 Å². The molecule has 0 aliphatic rings. The Morgan fingerprint density at radius 3 is 2.40 bits per heavy atom. The number of halogens is 2. The zero-order valence-corrected chi connectivity index (χ0v) is 15.3. The van der Waals surface area contributed by atoms with Gasteiger partial charge in [0.25, 0.3) is 0 Å². The van der Waals surface area contributed by atoms with Crippen molar-refractivity contribution in [3.8, 4) is 11.5 Å². The molecule has 1 atom stereocenters. The normalized spacial score (nSPS) is 12.2. The molecule has 1 unspecified atom stereocenters. The topological polar surface area (TPSA) is 18.5 Å². The predicted octanol–water partition coefficient (Wildman–Crippen LogP) is 5.79. The van der Waals surface area contributed by atoms with E-state index in [2.05, 4.69) is 49.4 Å². The first-order valence-corrected chi connectivity index (χ1v) is 9.02. The zero-order valence-electron chi connectivity index (χ0n) is 11.4. The van der Waals surface area contributed by atoms with Crippen molar-refractivity contribution in [1.29, 1.82) is 0 Å². The van der Waals surface area contributed by atoms with Crippen LogP contribution in [-0.2, 0) is 0 Å². The monoisotopic (exact) mass is 418 g/mol. The van der Waals surface area contributed by atoms with Crippen molar-refractivity contribution in [2.75, 3.05) is 13.2 Å². The molecule has 1 aromatic carbocycles. The van der Waals surface area contributed by atoms with Crippen LogP contribution in [0.25, 0.3) is 0 Å². The second-order valence-electron chi connectivity index (χ2n) is 4.07. The van der Waals surface area contributed by atoms with E-state index < -0.39 is 0 Å². The molecular formula is C15H16Br2O2S. The van der Waals surface area contributed by atoms with Gasteiger partial charge in [-0.05, 0) is 58.9 Å². The fraction of sp³-hybridized carbons (Fsp3) is 0.333. The largest absolute Gasteiger partial charge is 0.490 e. The Kier molecular flexibility index (Phi) is 5.93. The summed E-state index contributed by atoms with van der Waals surface area (Å²) in [6.07, 6.45) is 0. The lowest BCUT2D eigenvalue weighted by molar-refractivity contribution is 0.287. The Morgan fingerprint density at radius 1 is 1.10 bits per heavy atom. The van der Waals surface area contributed by atoms with Crippen molar-refractivity contribution >= 4 is 43.2 Å². The molecule has 2 nitrogen and oxygen atoms in total. The van der Waals surface area contributed by atoms with Gasteiger partial charge in [-0.25, -0.2) is 0 Å². The molecule has 0 N–H and O–H groups in total. The smallest absolute Gasteiger partial charge is 0.161 e. The molecule has 1 aromatic heterocycles. The van der Waals surface area contributed by atoms with Crippen LogP contribution in [0.15, 0.2) is 34.1 Å². The second kappa shape index (κ2) is 7.48. The molecule has 1 heterocycles. The maximum Gasteiger partial charge on any atom is 0.161 e. The zero-order chi connectivity index (χ0) is 14.5. The maximum atomic E-state index is 5.67. The van der Waals surface area contributed by atoms with Crippen LogP contribution >= 0.6 is 43.2 Å². The lowest BCUT2D eigenvalue weighted by Crippen LogP contribution is -2.00. The summed E-state index contributed by atoms with van der Waals surface area (Å²) in [6.45, 7) is 5.20. The number of hydrogen-bond acceptors (Lipinski definition) is 3. The van der Waals surface area contributed by atoms with E-state index in [4.69, 9.17) is 9.47 Å². The van der Waals surface area contributed by atoms with Gasteiger partial charge in [-0.1, -0.05) is 22.0 Å². The minimum absolute atomic E-state index is 0.145. The van der Waals surface area contributed by atoms with Crippen LogP contribution < -0.4 is 9.47 Å². The first-order chi connectivity index (χ1) is 9.67. The van der Waals surface area contributed by atoms with E-state index in [1.807, 2.05) is 26.0 Å². The number of hydrogen-bond donors (Lipinski definition) is 0. The average molecular weight is 420 g/mol. The summed E-state index contributed by atoms with van der Waals surface area (Å²) in [7, 11) is 0. The van der Waals surface area contributed by atoms with Crippen LogP contribution in [0, 0.1) is 0 Å². The van der Waals surface area contributed by atoms with E-state index in [0.29, 0.717) is 13.2 Å². The Balaban J connectivity index is 2.32. The van der Waals surface area contributed by atoms with E-state index in [-0.39, 0.29) is 4.83 Å². The van der Waals surface area contributed by atoms with Crippen molar-refractivity contribution in [2.24, 2.45) is 0 Å². The average Bonchev–Trinajstić information content (AvgIpc) is 2.86. The lowest BCUT2D eigenvalue weighted by Gasteiger charge is -2.15. The molecule has 2 rings (SSSR count). The minimum atomic E-state index is 0.145. The third-order valence-electron chi connectivity index (χ3n) is 2.74. The van der Waals surface area contributed by atoms with Crippen molar-refractivity contribution < 1.29 is 9.47 Å². The number of rotatable bonds is 6. The van der Waals surface area contributed by atoms with Crippen molar-refractivity contribution in [2.45, 2.75) is 18.7 Å². The summed E-state index contributed by atoms with van der Waals surface area (Å²) in [6, 6.07) is 8.14. The fourth-order valence-electron chi connectivity index (χ4n) is 1.86. The van der Waals surface area contributed by atoms with E-state index >= 15 is 0 Å². The van der Waals surface area contributed by atoms with Gasteiger partial charge in [0.15, 0.2) is 11.5 Å². The van der Waals surface area contributed by atoms with Gasteiger partial charge in [-0.2, -0.15) is 0 Å². The quantitative estimate of drug-likeness (QED) is 0.551. The first-order valence-electron chi connectivity index (χ1n) is 6.43. The number of alkyl halides is 1. The molecule has 0 radical (unpaired) electrons. The van der Waals surface area contributed by atoms with Crippen LogP contribution in [0.1, 0.15) is 29.1 Å². The molecule has 5 heteroatoms. The fourth-order valence-corrected chi connectivity index (χ4v) is 4.63. The molecule has 0 saturated carbocycles. The maximum absolute atomic E-state index is 5.67. The minimum Gasteiger partial charge on any atom is -0.490 e. The highest BCUT2D eigenvalue weighted by Crippen LogP contribution is 2.41. The third-order valence-corrected chi connectivity index (χ3v) is 5.96. The van der Waals surface area contributed by atoms with E-state index in [1.54, 1.807) is 11.3 Å². The molecule has 0 aliphatic carbocycles. The van der Waals surface area contributed by atoms with Gasteiger partial charge < -0.3 is 9.47 Å². The molecule has 108 valence electrons. The van der Waals surface area contributed by atoms with Crippen molar-refractivity contribution in [3.63, 3.8) is 0 Å². The Bertz CT molecular complexity index is 569. The summed E-state index contributed by atoms with van der Waals surface area (Å²) in [5.41, 5.74) is 1.15. The van der Waals surface area contributed by atoms with Crippen LogP contribution in [0.5, 0.6) is 11.5 Å². The highest BCUT2D eigenvalue weighted by molar-refractivity contribution is 9.11. The number of benzene rings is 1. The summed E-state index contributed by atoms with van der Waals surface area (Å²) >= 11 is 9.05. The second-order valence-corrected chi connectivity index (χ2v) is 6.79. The summed E-state index contributed by atoms with van der Waals surface area (Å²) in [4.78, 5) is 1.39. The molecule has 20 heavy (non-hydrogen) atoms. The van der Waals surface area contributed by atoms with Gasteiger partial charge in [0.2, 0.25) is 0 Å². The predicted molar refractivity (Wildman–Crippen MR) is 91.6 cm³/mol. The number of thiophene rings is 1. The van der Waals surface area contributed by atoms with E-state index in [9.17, 15) is 0 Å². The molecule has 0 amide bonds. The lowest BCUT2D eigenvalue weighted by atomic mass is 10.1. The van der Waals surface area contributed by atoms with Gasteiger partial charge in [0, 0.05) is 9.35 Å². The Morgan fingerprint density at radius 2 is 1.80 bits per heavy atom. The SMILES string of the molecule is CCOc1ccc(C(Br)c2sccc2Br)cc1OCC. The summed E-state index contributed by atoms with van der Waals surface area (Å²) in [5, 5.41) is 2.08. The molecule has 0 aliphatic heterocycles. The van der Waals surface area contributed by atoms with E-state index in [1.165, 1.54) is 4.88 Å². The van der Waals surface area contributed by atoms with Gasteiger partial charge in [0.05, 0.1) is 18.0 Å². The molecule has 0 saturated heterocycles. The molecule has 2 aromatic rings.